The monoisotopic (exact) mass is 345 g/mol. The zero-order valence-electron chi connectivity index (χ0n) is 11.8. The molecule has 1 atom stereocenters. The molecule has 1 rings (SSSR count). The molecule has 0 radical (unpaired) electrons. The molecule has 1 aromatic carbocycles. The van der Waals surface area contributed by atoms with Crippen molar-refractivity contribution >= 4 is 26.8 Å². The summed E-state index contributed by atoms with van der Waals surface area (Å²) in [6.45, 7) is 1.40. The first-order valence-electron chi connectivity index (χ1n) is 6.12. The van der Waals surface area contributed by atoms with E-state index in [0.29, 0.717) is 5.32 Å². The first kappa shape index (κ1) is 16.5. The van der Waals surface area contributed by atoms with Gasteiger partial charge in [-0.05, 0) is 0 Å². The van der Waals surface area contributed by atoms with Crippen LogP contribution in [0, 0.1) is 0 Å². The van der Waals surface area contributed by atoms with Gasteiger partial charge in [-0.3, -0.25) is 0 Å². The Hall–Kier alpha value is -1.52. The first-order chi connectivity index (χ1) is 9.56. The predicted octanol–water partition coefficient (Wildman–Crippen LogP) is 0.995. The van der Waals surface area contributed by atoms with Crippen LogP contribution in [0.3, 0.4) is 0 Å². The summed E-state index contributed by atoms with van der Waals surface area (Å²) in [5.74, 6) is 0.212. The molecule has 0 aliphatic heterocycles. The molecule has 0 fully saturated rings. The molecule has 1 aromatic rings. The molecule has 0 aliphatic rings. The summed E-state index contributed by atoms with van der Waals surface area (Å²) in [6.07, 6.45) is 0. The molecule has 0 bridgehead atoms. The van der Waals surface area contributed by atoms with Crippen LogP contribution in [0.4, 0.5) is 0 Å². The van der Waals surface area contributed by atoms with Gasteiger partial charge in [-0.25, -0.2) is 0 Å². The van der Waals surface area contributed by atoms with E-state index in [1.54, 1.807) is 7.11 Å². The minimum atomic E-state index is -0.546. The Bertz CT molecular complexity index is 447. The molecular weight excluding hydrogens is 325 g/mol. The van der Waals surface area contributed by atoms with Gasteiger partial charge in [-0.2, -0.15) is 0 Å². The average molecular weight is 344 g/mol. The molecule has 20 heavy (non-hydrogen) atoms. The van der Waals surface area contributed by atoms with Crippen LogP contribution in [-0.4, -0.2) is 47.1 Å². The number of ether oxygens (including phenoxy) is 2. The molecule has 5 nitrogen and oxygen atoms in total. The van der Waals surface area contributed by atoms with Gasteiger partial charge in [0.15, 0.2) is 0 Å². The number of rotatable bonds is 7. The Morgan fingerprint density at radius 2 is 1.90 bits per heavy atom. The van der Waals surface area contributed by atoms with Crippen molar-refractivity contribution in [3.05, 3.63) is 29.8 Å². The second-order valence-corrected chi connectivity index (χ2v) is 6.30. The molecule has 1 amide bonds. The van der Waals surface area contributed by atoms with E-state index >= 15 is 0 Å². The molecule has 0 saturated heterocycles. The molecular formula is C14H19NO4Se. The van der Waals surface area contributed by atoms with E-state index in [0.717, 1.165) is 11.1 Å². The molecule has 6 heteroatoms. The van der Waals surface area contributed by atoms with Crippen molar-refractivity contribution in [3.63, 3.8) is 0 Å². The normalized spacial score (nSPS) is 11.6. The molecule has 1 unspecified atom stereocenters. The van der Waals surface area contributed by atoms with Crippen LogP contribution in [0.15, 0.2) is 24.3 Å². The number of amides is 1. The van der Waals surface area contributed by atoms with Gasteiger partial charge in [0, 0.05) is 0 Å². The number of esters is 1. The maximum absolute atomic E-state index is 11.5. The first-order valence-corrected chi connectivity index (χ1v) is 8.54. The predicted molar refractivity (Wildman–Crippen MR) is 76.9 cm³/mol. The summed E-state index contributed by atoms with van der Waals surface area (Å²) in [7, 11) is 2.96. The second-order valence-electron chi connectivity index (χ2n) is 4.14. The van der Waals surface area contributed by atoms with E-state index in [9.17, 15) is 9.59 Å². The fourth-order valence-corrected chi connectivity index (χ4v) is 3.67. The molecule has 0 aliphatic carbocycles. The molecule has 1 N–H and O–H groups in total. The summed E-state index contributed by atoms with van der Waals surface area (Å²) >= 11 is 0.204. The SMILES string of the molecule is COC(=O)C(C[Se]Cc1ccc(OC)cc1)NC(C)=O. The third-order valence-corrected chi connectivity index (χ3v) is 4.90. The van der Waals surface area contributed by atoms with E-state index in [2.05, 4.69) is 10.1 Å². The Kier molecular flexibility index (Phi) is 7.12. The number of carbonyl (C=O) groups is 2. The van der Waals surface area contributed by atoms with Gasteiger partial charge in [-0.15, -0.1) is 0 Å². The summed E-state index contributed by atoms with van der Waals surface area (Å²) in [5, 5.41) is 4.13. The zero-order chi connectivity index (χ0) is 15.0. The van der Waals surface area contributed by atoms with Gasteiger partial charge in [-0.1, -0.05) is 0 Å². The molecule has 0 spiro atoms. The third kappa shape index (κ3) is 5.63. The van der Waals surface area contributed by atoms with E-state index in [1.165, 1.54) is 19.6 Å². The Balaban J connectivity index is 2.46. The van der Waals surface area contributed by atoms with E-state index < -0.39 is 12.0 Å². The van der Waals surface area contributed by atoms with E-state index in [4.69, 9.17) is 4.74 Å². The van der Waals surface area contributed by atoms with Crippen molar-refractivity contribution in [2.45, 2.75) is 23.6 Å². The van der Waals surface area contributed by atoms with Crippen molar-refractivity contribution in [2.24, 2.45) is 0 Å². The van der Waals surface area contributed by atoms with Crippen molar-refractivity contribution in [1.29, 1.82) is 0 Å². The van der Waals surface area contributed by atoms with Crippen LogP contribution in [0.2, 0.25) is 5.32 Å². The number of benzene rings is 1. The van der Waals surface area contributed by atoms with Crippen LogP contribution in [0.1, 0.15) is 12.5 Å². The number of methoxy groups -OCH3 is 2. The van der Waals surface area contributed by atoms with Crippen molar-refractivity contribution < 1.29 is 19.1 Å². The summed E-state index contributed by atoms with van der Waals surface area (Å²) in [5.41, 5.74) is 1.19. The van der Waals surface area contributed by atoms with Crippen molar-refractivity contribution in [2.75, 3.05) is 14.2 Å². The molecule has 110 valence electrons. The topological polar surface area (TPSA) is 64.6 Å². The van der Waals surface area contributed by atoms with Crippen molar-refractivity contribution in [1.82, 2.24) is 5.32 Å². The van der Waals surface area contributed by atoms with Gasteiger partial charge in [0.2, 0.25) is 0 Å². The molecule has 0 aromatic heterocycles. The van der Waals surface area contributed by atoms with Crippen LogP contribution in [0.5, 0.6) is 5.75 Å². The Morgan fingerprint density at radius 1 is 1.25 bits per heavy atom. The number of hydrogen-bond donors (Lipinski definition) is 1. The fraction of sp³-hybridized carbons (Fsp3) is 0.429. The Morgan fingerprint density at radius 3 is 2.40 bits per heavy atom. The number of carbonyl (C=O) groups excluding carboxylic acids is 2. The van der Waals surface area contributed by atoms with Gasteiger partial charge >= 0.3 is 125 Å². The van der Waals surface area contributed by atoms with Gasteiger partial charge < -0.3 is 0 Å². The van der Waals surface area contributed by atoms with E-state index in [-0.39, 0.29) is 20.9 Å². The maximum atomic E-state index is 11.5. The fourth-order valence-electron chi connectivity index (χ4n) is 1.57. The van der Waals surface area contributed by atoms with Gasteiger partial charge in [0.25, 0.3) is 0 Å². The van der Waals surface area contributed by atoms with E-state index in [1.807, 2.05) is 24.3 Å². The third-order valence-electron chi connectivity index (χ3n) is 2.58. The average Bonchev–Trinajstić information content (AvgIpc) is 2.45. The van der Waals surface area contributed by atoms with Crippen molar-refractivity contribution in [3.8, 4) is 5.75 Å². The minimum absolute atomic E-state index is 0.204. The van der Waals surface area contributed by atoms with Crippen LogP contribution in [0.25, 0.3) is 0 Å². The summed E-state index contributed by atoms with van der Waals surface area (Å²) in [6, 6.07) is 7.29. The van der Waals surface area contributed by atoms with Crippen LogP contribution >= 0.6 is 0 Å². The molecule has 0 heterocycles. The van der Waals surface area contributed by atoms with Crippen LogP contribution in [-0.2, 0) is 19.6 Å². The van der Waals surface area contributed by atoms with Gasteiger partial charge in [0.05, 0.1) is 0 Å². The number of hydrogen-bond acceptors (Lipinski definition) is 4. The van der Waals surface area contributed by atoms with Crippen LogP contribution < -0.4 is 10.1 Å². The quantitative estimate of drug-likeness (QED) is 0.592. The summed E-state index contributed by atoms with van der Waals surface area (Å²) in [4.78, 5) is 22.6. The molecule has 0 saturated carbocycles. The summed E-state index contributed by atoms with van der Waals surface area (Å²) < 4.78 is 9.78. The number of nitrogens with one attached hydrogen (secondary N) is 1. The zero-order valence-corrected chi connectivity index (χ0v) is 13.6. The standard InChI is InChI=1S/C14H19NO4Se/c1-10(16)15-13(14(17)19-3)9-20-8-11-4-6-12(18-2)7-5-11/h4-7,13H,8-9H2,1-3H3,(H,15,16). The second kappa shape index (κ2) is 8.61. The van der Waals surface area contributed by atoms with Gasteiger partial charge in [0.1, 0.15) is 0 Å². The Labute approximate surface area is 125 Å².